The SMILES string of the molecule is CCC[Si](OCC)(OCC)OC(C)OCC1(CC)COC1. The molecule has 0 aromatic heterocycles. The molecule has 1 atom stereocenters. The van der Waals surface area contributed by atoms with Gasteiger partial charge in [0.05, 0.1) is 19.8 Å². The first-order chi connectivity index (χ1) is 10.1. The van der Waals surface area contributed by atoms with Gasteiger partial charge in [-0.1, -0.05) is 20.3 Å². The molecule has 0 radical (unpaired) electrons. The quantitative estimate of drug-likeness (QED) is 0.408. The van der Waals surface area contributed by atoms with Crippen molar-refractivity contribution in [3.05, 3.63) is 0 Å². The maximum absolute atomic E-state index is 6.10. The minimum atomic E-state index is -2.61. The van der Waals surface area contributed by atoms with E-state index in [9.17, 15) is 0 Å². The number of ether oxygens (including phenoxy) is 2. The van der Waals surface area contributed by atoms with Gasteiger partial charge >= 0.3 is 8.80 Å². The molecule has 0 aromatic carbocycles. The van der Waals surface area contributed by atoms with Crippen LogP contribution in [0.25, 0.3) is 0 Å². The van der Waals surface area contributed by atoms with E-state index in [1.165, 1.54) is 0 Å². The zero-order valence-corrected chi connectivity index (χ0v) is 15.3. The molecule has 0 spiro atoms. The fourth-order valence-corrected chi connectivity index (χ4v) is 5.11. The first-order valence-electron chi connectivity index (χ1n) is 8.20. The van der Waals surface area contributed by atoms with E-state index in [1.54, 1.807) is 0 Å². The van der Waals surface area contributed by atoms with Crippen LogP contribution in [-0.4, -0.2) is 48.1 Å². The monoisotopic (exact) mass is 320 g/mol. The van der Waals surface area contributed by atoms with Crippen molar-refractivity contribution >= 4 is 8.80 Å². The minimum absolute atomic E-state index is 0.170. The molecule has 0 aliphatic carbocycles. The van der Waals surface area contributed by atoms with E-state index in [-0.39, 0.29) is 11.7 Å². The second kappa shape index (κ2) is 9.22. The normalized spacial score (nSPS) is 19.3. The van der Waals surface area contributed by atoms with Gasteiger partial charge in [-0.3, -0.25) is 0 Å². The van der Waals surface area contributed by atoms with E-state index in [2.05, 4.69) is 13.8 Å². The molecule has 1 aliphatic rings. The van der Waals surface area contributed by atoms with Crippen LogP contribution in [0, 0.1) is 5.41 Å². The van der Waals surface area contributed by atoms with Crippen molar-refractivity contribution in [1.82, 2.24) is 0 Å². The zero-order valence-electron chi connectivity index (χ0n) is 14.3. The van der Waals surface area contributed by atoms with Crippen molar-refractivity contribution in [3.8, 4) is 0 Å². The molecule has 0 saturated carbocycles. The fraction of sp³-hybridized carbons (Fsp3) is 1.00. The summed E-state index contributed by atoms with van der Waals surface area (Å²) >= 11 is 0. The van der Waals surface area contributed by atoms with Crippen molar-refractivity contribution in [1.29, 1.82) is 0 Å². The minimum Gasteiger partial charge on any atom is -0.380 e. The third-order valence-electron chi connectivity index (χ3n) is 3.82. The number of hydrogen-bond acceptors (Lipinski definition) is 5. The second-order valence-corrected chi connectivity index (χ2v) is 8.32. The van der Waals surface area contributed by atoms with Gasteiger partial charge in [0.1, 0.15) is 6.29 Å². The summed E-state index contributed by atoms with van der Waals surface area (Å²) in [6, 6.07) is 0.824. The van der Waals surface area contributed by atoms with E-state index < -0.39 is 8.80 Å². The lowest BCUT2D eigenvalue weighted by Crippen LogP contribution is -2.50. The summed E-state index contributed by atoms with van der Waals surface area (Å²) in [5, 5.41) is 0. The van der Waals surface area contributed by atoms with Gasteiger partial charge in [-0.25, -0.2) is 0 Å². The number of rotatable bonds is 12. The second-order valence-electron chi connectivity index (χ2n) is 5.64. The third kappa shape index (κ3) is 5.62. The van der Waals surface area contributed by atoms with E-state index in [1.807, 2.05) is 20.8 Å². The maximum Gasteiger partial charge on any atom is 0.502 e. The Morgan fingerprint density at radius 1 is 1.10 bits per heavy atom. The molecular weight excluding hydrogens is 288 g/mol. The van der Waals surface area contributed by atoms with Gasteiger partial charge in [0.2, 0.25) is 0 Å². The standard InChI is InChI=1S/C15H32O5Si/c1-6-10-21(18-8-3,19-9-4)20-14(5)17-13-15(7-2)11-16-12-15/h14H,6-13H2,1-5H3. The lowest BCUT2D eigenvalue weighted by Gasteiger charge is -2.41. The third-order valence-corrected chi connectivity index (χ3v) is 7.08. The van der Waals surface area contributed by atoms with E-state index >= 15 is 0 Å². The topological polar surface area (TPSA) is 46.2 Å². The molecule has 1 heterocycles. The highest BCUT2D eigenvalue weighted by Crippen LogP contribution is 2.32. The van der Waals surface area contributed by atoms with Gasteiger partial charge in [0.15, 0.2) is 0 Å². The Hall–Kier alpha value is 0.0169. The summed E-state index contributed by atoms with van der Waals surface area (Å²) < 4.78 is 29.1. The fourth-order valence-electron chi connectivity index (χ4n) is 2.42. The molecule has 0 aromatic rings. The molecule has 1 rings (SSSR count). The summed E-state index contributed by atoms with van der Waals surface area (Å²) in [7, 11) is -2.61. The van der Waals surface area contributed by atoms with Gasteiger partial charge in [-0.05, 0) is 27.2 Å². The van der Waals surface area contributed by atoms with Crippen LogP contribution in [0.5, 0.6) is 0 Å². The molecule has 1 aliphatic heterocycles. The molecule has 6 heteroatoms. The van der Waals surface area contributed by atoms with Gasteiger partial charge < -0.3 is 22.8 Å². The van der Waals surface area contributed by atoms with Crippen molar-refractivity contribution < 1.29 is 22.8 Å². The first kappa shape index (κ1) is 19.1. The summed E-state index contributed by atoms with van der Waals surface area (Å²) in [5.74, 6) is 0. The summed E-state index contributed by atoms with van der Waals surface area (Å²) in [5.41, 5.74) is 0.170. The van der Waals surface area contributed by atoms with E-state index in [0.717, 1.165) is 32.1 Å². The van der Waals surface area contributed by atoms with E-state index in [0.29, 0.717) is 19.8 Å². The molecule has 1 unspecified atom stereocenters. The van der Waals surface area contributed by atoms with Gasteiger partial charge in [-0.2, -0.15) is 0 Å². The van der Waals surface area contributed by atoms with Crippen LogP contribution in [0.3, 0.4) is 0 Å². The molecule has 5 nitrogen and oxygen atoms in total. The molecule has 1 fully saturated rings. The van der Waals surface area contributed by atoms with Crippen LogP contribution >= 0.6 is 0 Å². The van der Waals surface area contributed by atoms with Crippen molar-refractivity contribution in [2.45, 2.75) is 59.8 Å². The molecule has 0 bridgehead atoms. The van der Waals surface area contributed by atoms with Crippen molar-refractivity contribution in [3.63, 3.8) is 0 Å². The molecule has 126 valence electrons. The van der Waals surface area contributed by atoms with Crippen LogP contribution in [0.2, 0.25) is 6.04 Å². The van der Waals surface area contributed by atoms with Crippen LogP contribution in [-0.2, 0) is 22.8 Å². The Morgan fingerprint density at radius 3 is 2.10 bits per heavy atom. The molecule has 0 amide bonds. The average Bonchev–Trinajstić information content (AvgIpc) is 2.39. The Bertz CT molecular complexity index is 261. The maximum atomic E-state index is 6.10. The summed E-state index contributed by atoms with van der Waals surface area (Å²) in [6.07, 6.45) is 1.73. The highest BCUT2D eigenvalue weighted by Gasteiger charge is 2.43. The lowest BCUT2D eigenvalue weighted by atomic mass is 9.84. The summed E-state index contributed by atoms with van der Waals surface area (Å²) in [6.45, 7) is 13.6. The molecule has 0 N–H and O–H groups in total. The predicted molar refractivity (Wildman–Crippen MR) is 84.1 cm³/mol. The number of hydrogen-bond donors (Lipinski definition) is 0. The van der Waals surface area contributed by atoms with Crippen molar-refractivity contribution in [2.75, 3.05) is 33.0 Å². The van der Waals surface area contributed by atoms with Gasteiger partial charge in [-0.15, -0.1) is 0 Å². The highest BCUT2D eigenvalue weighted by molar-refractivity contribution is 6.60. The van der Waals surface area contributed by atoms with Crippen LogP contribution < -0.4 is 0 Å². The molecule has 21 heavy (non-hydrogen) atoms. The van der Waals surface area contributed by atoms with Crippen LogP contribution in [0.4, 0.5) is 0 Å². The van der Waals surface area contributed by atoms with Crippen LogP contribution in [0.1, 0.15) is 47.5 Å². The zero-order chi connectivity index (χ0) is 15.8. The highest BCUT2D eigenvalue weighted by atomic mass is 28.4. The van der Waals surface area contributed by atoms with Crippen molar-refractivity contribution in [2.24, 2.45) is 5.41 Å². The smallest absolute Gasteiger partial charge is 0.380 e. The Kier molecular flexibility index (Phi) is 8.37. The molecule has 1 saturated heterocycles. The molecular formula is C15H32O5Si. The van der Waals surface area contributed by atoms with E-state index in [4.69, 9.17) is 22.8 Å². The Labute approximate surface area is 130 Å². The first-order valence-corrected chi connectivity index (χ1v) is 10.1. The Morgan fingerprint density at radius 2 is 1.71 bits per heavy atom. The largest absolute Gasteiger partial charge is 0.502 e. The lowest BCUT2D eigenvalue weighted by molar-refractivity contribution is -0.191. The van der Waals surface area contributed by atoms with Crippen LogP contribution in [0.15, 0.2) is 0 Å². The Balaban J connectivity index is 2.51. The average molecular weight is 321 g/mol. The summed E-state index contributed by atoms with van der Waals surface area (Å²) in [4.78, 5) is 0. The van der Waals surface area contributed by atoms with Gasteiger partial charge in [0, 0.05) is 24.7 Å². The predicted octanol–water partition coefficient (Wildman–Crippen LogP) is 3.21. The van der Waals surface area contributed by atoms with Gasteiger partial charge in [0.25, 0.3) is 0 Å².